The summed E-state index contributed by atoms with van der Waals surface area (Å²) in [4.78, 5) is 11.5. The highest BCUT2D eigenvalue weighted by molar-refractivity contribution is 6.72. The predicted molar refractivity (Wildman–Crippen MR) is 107 cm³/mol. The fourth-order valence-electron chi connectivity index (χ4n) is 4.09. The number of carbonyl (C=O) groups excluding carboxylic acids is 1. The lowest BCUT2D eigenvalue weighted by Crippen LogP contribution is -2.36. The second-order valence-corrected chi connectivity index (χ2v) is 11.9. The number of ether oxygens (including phenoxy) is 1. The molecule has 1 saturated heterocycles. The average Bonchev–Trinajstić information content (AvgIpc) is 2.90. The van der Waals surface area contributed by atoms with Gasteiger partial charge in [-0.15, -0.1) is 0 Å². The van der Waals surface area contributed by atoms with Gasteiger partial charge in [0.25, 0.3) is 5.91 Å². The molecule has 5 atom stereocenters. The molecule has 1 aromatic carbocycles. The topological polar surface area (TPSA) is 78.8 Å². The Balaban J connectivity index is 1.95. The minimum absolute atomic E-state index is 0.0105. The minimum Gasteiger partial charge on any atom is -0.396 e. The van der Waals surface area contributed by atoms with Gasteiger partial charge in [0.05, 0.1) is 12.2 Å². The van der Waals surface area contributed by atoms with Crippen molar-refractivity contribution in [2.45, 2.75) is 70.1 Å². The average molecular weight is 398 g/mol. The van der Waals surface area contributed by atoms with Gasteiger partial charge in [-0.1, -0.05) is 19.1 Å². The van der Waals surface area contributed by atoms with Gasteiger partial charge < -0.3 is 24.4 Å². The Bertz CT molecular complexity index is 617. The summed E-state index contributed by atoms with van der Waals surface area (Å²) in [6.45, 7) is 6.96. The maximum absolute atomic E-state index is 14.8. The number of carbonyl (C=O) groups is 1. The van der Waals surface area contributed by atoms with Crippen LogP contribution in [0, 0.1) is 5.92 Å². The number of benzene rings is 1. The van der Waals surface area contributed by atoms with Gasteiger partial charge in [-0.3, -0.25) is 4.79 Å². The van der Waals surface area contributed by atoms with Crippen molar-refractivity contribution in [2.75, 3.05) is 11.9 Å². The van der Waals surface area contributed by atoms with E-state index in [1.54, 1.807) is 13.1 Å². The number of aliphatic hydroxyl groups is 2. The summed E-state index contributed by atoms with van der Waals surface area (Å²) in [5, 5.41) is 21.2. The van der Waals surface area contributed by atoms with Crippen LogP contribution in [-0.2, 0) is 16.0 Å². The molecule has 27 heavy (non-hydrogen) atoms. The van der Waals surface area contributed by atoms with Crippen molar-refractivity contribution >= 4 is 20.0 Å². The smallest absolute Gasteiger partial charge is 0.252 e. The van der Waals surface area contributed by atoms with E-state index in [4.69, 9.17) is 4.74 Å². The highest BCUT2D eigenvalue weighted by Gasteiger charge is 2.50. The van der Waals surface area contributed by atoms with Gasteiger partial charge in [0.2, 0.25) is 8.41 Å². The van der Waals surface area contributed by atoms with Crippen LogP contribution in [0.4, 0.5) is 9.80 Å². The van der Waals surface area contributed by atoms with Crippen LogP contribution in [0.1, 0.15) is 32.3 Å². The first-order chi connectivity index (χ1) is 12.6. The summed E-state index contributed by atoms with van der Waals surface area (Å²) in [6.07, 6.45) is 0.830. The third kappa shape index (κ3) is 5.84. The van der Waals surface area contributed by atoms with Crippen LogP contribution < -0.4 is 5.32 Å². The predicted octanol–water partition coefficient (Wildman–Crippen LogP) is 3.27. The molecule has 5 nitrogen and oxygen atoms in total. The molecule has 1 aromatic rings. The molecule has 0 bridgehead atoms. The van der Waals surface area contributed by atoms with E-state index in [1.165, 1.54) is 6.92 Å². The number of hydrogen-bond donors (Lipinski definition) is 3. The van der Waals surface area contributed by atoms with E-state index in [2.05, 4.69) is 12.2 Å². The maximum atomic E-state index is 14.8. The fraction of sp³-hybridized carbons (Fsp3) is 0.650. The molecule has 1 aliphatic heterocycles. The van der Waals surface area contributed by atoms with Crippen molar-refractivity contribution in [3.05, 3.63) is 29.8 Å². The Hall–Kier alpha value is -1.28. The van der Waals surface area contributed by atoms with Crippen molar-refractivity contribution in [3.8, 4) is 0 Å². The summed E-state index contributed by atoms with van der Waals surface area (Å²) in [5.41, 5.74) is 1.66. The Labute approximate surface area is 162 Å². The van der Waals surface area contributed by atoms with Gasteiger partial charge in [-0.25, -0.2) is 0 Å². The molecule has 0 radical (unpaired) electrons. The monoisotopic (exact) mass is 397 g/mol. The summed E-state index contributed by atoms with van der Waals surface area (Å²) in [6, 6.07) is 7.49. The molecule has 152 valence electrons. The van der Waals surface area contributed by atoms with E-state index >= 15 is 0 Å². The van der Waals surface area contributed by atoms with E-state index in [1.807, 2.05) is 24.3 Å². The van der Waals surface area contributed by atoms with E-state index < -0.39 is 20.4 Å². The number of hydrogen-bond acceptors (Lipinski definition) is 4. The summed E-state index contributed by atoms with van der Waals surface area (Å²) in [5.74, 6) is -0.298. The van der Waals surface area contributed by atoms with Crippen LogP contribution in [-0.4, -0.2) is 49.4 Å². The van der Waals surface area contributed by atoms with Crippen LogP contribution in [0.15, 0.2) is 24.3 Å². The lowest BCUT2D eigenvalue weighted by molar-refractivity contribution is -0.123. The Morgan fingerprint density at radius 3 is 2.41 bits per heavy atom. The summed E-state index contributed by atoms with van der Waals surface area (Å²) >= 11 is 0. The molecule has 0 unspecified atom stereocenters. The third-order valence-corrected chi connectivity index (χ3v) is 7.91. The molecule has 0 aromatic heterocycles. The molecule has 3 N–H and O–H groups in total. The molecule has 0 saturated carbocycles. The number of aryl methyl sites for hydroxylation is 1. The molecule has 2 rings (SSSR count). The Morgan fingerprint density at radius 2 is 1.89 bits per heavy atom. The zero-order valence-corrected chi connectivity index (χ0v) is 17.6. The molecule has 1 heterocycles. The lowest BCUT2D eigenvalue weighted by atomic mass is 9.95. The molecule has 1 amide bonds. The first-order valence-corrected chi connectivity index (χ1v) is 12.6. The minimum atomic E-state index is -2.87. The van der Waals surface area contributed by atoms with Crippen LogP contribution in [0.5, 0.6) is 0 Å². The first-order valence-electron chi connectivity index (χ1n) is 9.66. The third-order valence-electron chi connectivity index (χ3n) is 5.43. The first kappa shape index (κ1) is 22.0. The number of aliphatic hydroxyl groups excluding tert-OH is 2. The van der Waals surface area contributed by atoms with E-state index in [0.717, 1.165) is 18.4 Å². The van der Waals surface area contributed by atoms with Crippen molar-refractivity contribution < 1.29 is 23.9 Å². The van der Waals surface area contributed by atoms with Gasteiger partial charge in [-0.2, -0.15) is 0 Å². The summed E-state index contributed by atoms with van der Waals surface area (Å²) < 4.78 is 20.9. The zero-order chi connectivity index (χ0) is 20.2. The maximum Gasteiger partial charge on any atom is 0.252 e. The number of anilines is 1. The Kier molecular flexibility index (Phi) is 7.56. The quantitative estimate of drug-likeness (QED) is 0.465. The van der Waals surface area contributed by atoms with E-state index in [0.29, 0.717) is 12.1 Å². The van der Waals surface area contributed by atoms with Gasteiger partial charge >= 0.3 is 0 Å². The number of rotatable bonds is 8. The van der Waals surface area contributed by atoms with Crippen LogP contribution >= 0.6 is 0 Å². The number of halogens is 1. The van der Waals surface area contributed by atoms with Gasteiger partial charge in [0, 0.05) is 17.8 Å². The highest BCUT2D eigenvalue weighted by atomic mass is 28.4. The van der Waals surface area contributed by atoms with Crippen molar-refractivity contribution in [1.82, 2.24) is 0 Å². The normalized spacial score (nSPS) is 26.8. The molecule has 0 aliphatic carbocycles. The summed E-state index contributed by atoms with van der Waals surface area (Å²) in [7, 11) is -2.87. The van der Waals surface area contributed by atoms with Crippen LogP contribution in [0.3, 0.4) is 0 Å². The Morgan fingerprint density at radius 1 is 1.26 bits per heavy atom. The molecule has 1 aliphatic rings. The SMILES string of the molecule is C[C@H]1[C@H]([Si](C)(C)F)[C@@H](CCO)O[C@H]1CCc1ccc(NC(=O)[C@H](C)O)cc1. The van der Waals surface area contributed by atoms with Crippen molar-refractivity contribution in [1.29, 1.82) is 0 Å². The standard InChI is InChI=1S/C20H32FNO4Si/c1-13-17(26-18(11-12-23)19(13)27(3,4)21)10-7-15-5-8-16(9-6-15)22-20(25)14(2)24/h5-6,8-9,13-14,17-19,23-24H,7,10-12H2,1-4H3,(H,22,25)/t13-,14+,17+,18-,19+/m1/s1. The van der Waals surface area contributed by atoms with Crippen LogP contribution in [0.25, 0.3) is 0 Å². The zero-order valence-electron chi connectivity index (χ0n) is 16.6. The van der Waals surface area contributed by atoms with Crippen molar-refractivity contribution in [2.24, 2.45) is 5.92 Å². The van der Waals surface area contributed by atoms with Gasteiger partial charge in [-0.05, 0) is 62.9 Å². The van der Waals surface area contributed by atoms with Gasteiger partial charge in [0.1, 0.15) is 6.10 Å². The van der Waals surface area contributed by atoms with E-state index in [-0.39, 0.29) is 30.3 Å². The van der Waals surface area contributed by atoms with Crippen molar-refractivity contribution in [3.63, 3.8) is 0 Å². The number of amides is 1. The van der Waals surface area contributed by atoms with Crippen LogP contribution in [0.2, 0.25) is 18.6 Å². The molecular weight excluding hydrogens is 365 g/mol. The second kappa shape index (κ2) is 9.27. The molecule has 1 fully saturated rings. The molecule has 7 heteroatoms. The second-order valence-electron chi connectivity index (χ2n) is 8.08. The lowest BCUT2D eigenvalue weighted by Gasteiger charge is -2.28. The molecular formula is C20H32FNO4Si. The fourth-order valence-corrected chi connectivity index (χ4v) is 6.68. The van der Waals surface area contributed by atoms with E-state index in [9.17, 15) is 19.1 Å². The molecule has 0 spiro atoms. The van der Waals surface area contributed by atoms with Gasteiger partial charge in [0.15, 0.2) is 0 Å². The highest BCUT2D eigenvalue weighted by Crippen LogP contribution is 2.46. The largest absolute Gasteiger partial charge is 0.396 e. The number of nitrogens with one attached hydrogen (secondary N) is 1.